The van der Waals surface area contributed by atoms with Crippen molar-refractivity contribution in [1.29, 1.82) is 0 Å². The van der Waals surface area contributed by atoms with Crippen LogP contribution < -0.4 is 20.3 Å². The summed E-state index contributed by atoms with van der Waals surface area (Å²) in [6.07, 6.45) is 5.69. The van der Waals surface area contributed by atoms with Gasteiger partial charge < -0.3 is 20.3 Å². The Morgan fingerprint density at radius 2 is 1.86 bits per heavy atom. The quantitative estimate of drug-likeness (QED) is 0.598. The molecule has 0 spiro atoms. The fourth-order valence-electron chi connectivity index (χ4n) is 3.75. The van der Waals surface area contributed by atoms with Crippen LogP contribution in [0.2, 0.25) is 0 Å². The van der Waals surface area contributed by atoms with Gasteiger partial charge in [-0.2, -0.15) is 0 Å². The Bertz CT molecular complexity index is 984. The highest BCUT2D eigenvalue weighted by atomic mass is 32.1. The zero-order chi connectivity index (χ0) is 20.1. The van der Waals surface area contributed by atoms with Crippen molar-refractivity contribution in [3.63, 3.8) is 0 Å². The number of aromatic nitrogens is 1. The molecule has 1 saturated heterocycles. The Kier molecular flexibility index (Phi) is 6.10. The number of hydrogen-bond donors (Lipinski definition) is 2. The first-order valence-corrected chi connectivity index (χ1v) is 10.5. The minimum atomic E-state index is 0.584. The predicted octanol–water partition coefficient (Wildman–Crippen LogP) is 4.72. The van der Waals surface area contributed by atoms with E-state index in [1.54, 1.807) is 13.3 Å². The van der Waals surface area contributed by atoms with Crippen LogP contribution in [0.25, 0.3) is 10.9 Å². The van der Waals surface area contributed by atoms with Crippen LogP contribution in [0.3, 0.4) is 0 Å². The van der Waals surface area contributed by atoms with E-state index in [2.05, 4.69) is 44.8 Å². The SMILES string of the molecule is COc1ccc(NC(=S)NCc2ccc(N3CCCCC3)cc2)c2cccnc12. The second-order valence-corrected chi connectivity index (χ2v) is 7.65. The van der Waals surface area contributed by atoms with Gasteiger partial charge in [-0.25, -0.2) is 0 Å². The molecule has 4 rings (SSSR count). The molecule has 0 unspecified atom stereocenters. The molecule has 150 valence electrons. The molecule has 3 aromatic rings. The fourth-order valence-corrected chi connectivity index (χ4v) is 3.93. The maximum Gasteiger partial charge on any atom is 0.171 e. The van der Waals surface area contributed by atoms with Crippen molar-refractivity contribution in [2.24, 2.45) is 0 Å². The van der Waals surface area contributed by atoms with Gasteiger partial charge in [0, 0.05) is 42.6 Å². The highest BCUT2D eigenvalue weighted by molar-refractivity contribution is 7.80. The van der Waals surface area contributed by atoms with E-state index in [4.69, 9.17) is 17.0 Å². The molecule has 1 aromatic heterocycles. The minimum Gasteiger partial charge on any atom is -0.494 e. The summed E-state index contributed by atoms with van der Waals surface area (Å²) >= 11 is 5.51. The second-order valence-electron chi connectivity index (χ2n) is 7.24. The normalized spacial score (nSPS) is 13.9. The van der Waals surface area contributed by atoms with Gasteiger partial charge in [0.05, 0.1) is 7.11 Å². The number of rotatable bonds is 5. The van der Waals surface area contributed by atoms with E-state index >= 15 is 0 Å². The molecule has 0 bridgehead atoms. The molecule has 2 heterocycles. The van der Waals surface area contributed by atoms with Crippen molar-refractivity contribution in [1.82, 2.24) is 10.3 Å². The lowest BCUT2D eigenvalue weighted by Gasteiger charge is -2.28. The average molecular weight is 407 g/mol. The summed E-state index contributed by atoms with van der Waals surface area (Å²) in [5, 5.41) is 8.14. The molecule has 1 aliphatic rings. The van der Waals surface area contributed by atoms with Gasteiger partial charge >= 0.3 is 0 Å². The highest BCUT2D eigenvalue weighted by Crippen LogP contribution is 2.29. The zero-order valence-electron chi connectivity index (χ0n) is 16.6. The third kappa shape index (κ3) is 4.59. The maximum absolute atomic E-state index is 5.51. The van der Waals surface area contributed by atoms with Gasteiger partial charge in [0.2, 0.25) is 0 Å². The number of anilines is 2. The summed E-state index contributed by atoms with van der Waals surface area (Å²) in [5.41, 5.74) is 4.24. The number of piperidine rings is 1. The molecule has 0 radical (unpaired) electrons. The van der Waals surface area contributed by atoms with E-state index < -0.39 is 0 Å². The Morgan fingerprint density at radius 1 is 1.07 bits per heavy atom. The van der Waals surface area contributed by atoms with E-state index in [-0.39, 0.29) is 0 Å². The maximum atomic E-state index is 5.51. The lowest BCUT2D eigenvalue weighted by Crippen LogP contribution is -2.29. The molecule has 29 heavy (non-hydrogen) atoms. The first-order valence-electron chi connectivity index (χ1n) is 10.0. The van der Waals surface area contributed by atoms with Gasteiger partial charge in [0.25, 0.3) is 0 Å². The van der Waals surface area contributed by atoms with Crippen LogP contribution in [0.5, 0.6) is 5.75 Å². The summed E-state index contributed by atoms with van der Waals surface area (Å²) in [6.45, 7) is 3.00. The number of methoxy groups -OCH3 is 1. The summed E-state index contributed by atoms with van der Waals surface area (Å²) in [6, 6.07) is 16.5. The van der Waals surface area contributed by atoms with Gasteiger partial charge in [0.1, 0.15) is 11.3 Å². The molecule has 0 atom stereocenters. The molecule has 0 amide bonds. The standard InChI is InChI=1S/C23H26N4OS/c1-28-21-12-11-20(19-6-5-13-24-22(19)21)26-23(29)25-16-17-7-9-18(10-8-17)27-14-3-2-4-15-27/h5-13H,2-4,14-16H2,1H3,(H2,25,26,29). The van der Waals surface area contributed by atoms with E-state index in [1.165, 1.54) is 30.5 Å². The molecule has 6 heteroatoms. The van der Waals surface area contributed by atoms with E-state index in [1.807, 2.05) is 24.3 Å². The van der Waals surface area contributed by atoms with Crippen molar-refractivity contribution in [2.45, 2.75) is 25.8 Å². The number of hydrogen-bond acceptors (Lipinski definition) is 4. The second kappa shape index (κ2) is 9.09. The number of pyridine rings is 1. The van der Waals surface area contributed by atoms with E-state index in [9.17, 15) is 0 Å². The largest absolute Gasteiger partial charge is 0.494 e. The number of nitrogens with zero attached hydrogens (tertiary/aromatic N) is 2. The van der Waals surface area contributed by atoms with Crippen LogP contribution >= 0.6 is 12.2 Å². The monoisotopic (exact) mass is 406 g/mol. The van der Waals surface area contributed by atoms with Gasteiger partial charge in [-0.15, -0.1) is 0 Å². The fraction of sp³-hybridized carbons (Fsp3) is 0.304. The van der Waals surface area contributed by atoms with Gasteiger partial charge in [0.15, 0.2) is 5.11 Å². The third-order valence-corrected chi connectivity index (χ3v) is 5.56. The molecular weight excluding hydrogens is 380 g/mol. The number of thiocarbonyl (C=S) groups is 1. The summed E-state index contributed by atoms with van der Waals surface area (Å²) in [4.78, 5) is 6.90. The van der Waals surface area contributed by atoms with Crippen LogP contribution in [0, 0.1) is 0 Å². The van der Waals surface area contributed by atoms with Crippen LogP contribution in [0.4, 0.5) is 11.4 Å². The van der Waals surface area contributed by atoms with Crippen LogP contribution in [-0.4, -0.2) is 30.3 Å². The van der Waals surface area contributed by atoms with Crippen molar-refractivity contribution < 1.29 is 4.74 Å². The topological polar surface area (TPSA) is 49.4 Å². The molecule has 2 N–H and O–H groups in total. The van der Waals surface area contributed by atoms with Gasteiger partial charge in [-0.1, -0.05) is 12.1 Å². The Balaban J connectivity index is 1.37. The molecule has 2 aromatic carbocycles. The summed E-state index contributed by atoms with van der Waals surface area (Å²) < 4.78 is 5.40. The number of benzene rings is 2. The lowest BCUT2D eigenvalue weighted by atomic mass is 10.1. The Morgan fingerprint density at radius 3 is 2.62 bits per heavy atom. The van der Waals surface area contributed by atoms with Crippen molar-refractivity contribution in [2.75, 3.05) is 30.4 Å². The van der Waals surface area contributed by atoms with E-state index in [0.29, 0.717) is 11.7 Å². The smallest absolute Gasteiger partial charge is 0.171 e. The number of fused-ring (bicyclic) bond motifs is 1. The van der Waals surface area contributed by atoms with Gasteiger partial charge in [-0.05, 0) is 73.4 Å². The first kappa shape index (κ1) is 19.5. The van der Waals surface area contributed by atoms with E-state index in [0.717, 1.165) is 35.4 Å². The Labute approximate surface area is 177 Å². The van der Waals surface area contributed by atoms with Gasteiger partial charge in [-0.3, -0.25) is 4.98 Å². The molecular formula is C23H26N4OS. The van der Waals surface area contributed by atoms with Crippen LogP contribution in [-0.2, 0) is 6.54 Å². The Hall–Kier alpha value is -2.86. The van der Waals surface area contributed by atoms with Crippen molar-refractivity contribution >= 4 is 39.6 Å². The number of ether oxygens (including phenoxy) is 1. The predicted molar refractivity (Wildman–Crippen MR) is 124 cm³/mol. The number of nitrogens with one attached hydrogen (secondary N) is 2. The molecule has 1 aliphatic heterocycles. The minimum absolute atomic E-state index is 0.584. The van der Waals surface area contributed by atoms with Crippen molar-refractivity contribution in [3.8, 4) is 5.75 Å². The lowest BCUT2D eigenvalue weighted by molar-refractivity contribution is 0.419. The van der Waals surface area contributed by atoms with Crippen LogP contribution in [0.15, 0.2) is 54.7 Å². The molecule has 5 nitrogen and oxygen atoms in total. The molecule has 1 fully saturated rings. The van der Waals surface area contributed by atoms with Crippen LogP contribution in [0.1, 0.15) is 24.8 Å². The summed E-state index contributed by atoms with van der Waals surface area (Å²) in [7, 11) is 1.65. The first-order chi connectivity index (χ1) is 14.2. The molecule has 0 saturated carbocycles. The third-order valence-electron chi connectivity index (χ3n) is 5.31. The molecule has 0 aliphatic carbocycles. The van der Waals surface area contributed by atoms with Crippen molar-refractivity contribution in [3.05, 3.63) is 60.3 Å². The zero-order valence-corrected chi connectivity index (χ0v) is 17.5. The summed E-state index contributed by atoms with van der Waals surface area (Å²) in [5.74, 6) is 0.749. The highest BCUT2D eigenvalue weighted by Gasteiger charge is 2.11. The average Bonchev–Trinajstić information content (AvgIpc) is 2.79.